The van der Waals surface area contributed by atoms with Crippen molar-refractivity contribution in [3.8, 4) is 0 Å². The quantitative estimate of drug-likeness (QED) is 0.758. The van der Waals surface area contributed by atoms with E-state index >= 15 is 0 Å². The maximum Gasteiger partial charge on any atom is 0.223 e. The standard InChI is InChI=1S/C17H32N2O3/c1-14-13-19(9-4-10-22-14)8-3-7-18-17(20)15(2)16-5-11-21-12-6-16/h14-16H,3-13H2,1-2H3,(H,18,20)/t14-,15+/m0/s1. The van der Waals surface area contributed by atoms with Crippen LogP contribution in [0, 0.1) is 11.8 Å². The molecule has 0 bridgehead atoms. The van der Waals surface area contributed by atoms with Gasteiger partial charge in [-0.1, -0.05) is 6.92 Å². The van der Waals surface area contributed by atoms with Crippen LogP contribution < -0.4 is 5.32 Å². The van der Waals surface area contributed by atoms with E-state index in [1.54, 1.807) is 0 Å². The number of nitrogens with one attached hydrogen (secondary N) is 1. The molecule has 1 amide bonds. The topological polar surface area (TPSA) is 50.8 Å². The SMILES string of the molecule is C[C@H]1CN(CCCNC(=O)[C@H](C)C2CCOCC2)CCCO1. The smallest absolute Gasteiger partial charge is 0.223 e. The Morgan fingerprint density at radius 2 is 2.09 bits per heavy atom. The average Bonchev–Trinajstić information content (AvgIpc) is 2.75. The molecule has 0 saturated carbocycles. The van der Waals surface area contributed by atoms with E-state index in [0.717, 1.165) is 71.7 Å². The molecule has 2 saturated heterocycles. The first-order valence-electron chi connectivity index (χ1n) is 8.86. The molecule has 0 aliphatic carbocycles. The van der Waals surface area contributed by atoms with Gasteiger partial charge in [0, 0.05) is 45.4 Å². The van der Waals surface area contributed by atoms with Gasteiger partial charge >= 0.3 is 0 Å². The van der Waals surface area contributed by atoms with Crippen LogP contribution in [0.15, 0.2) is 0 Å². The van der Waals surface area contributed by atoms with E-state index in [9.17, 15) is 4.79 Å². The fourth-order valence-corrected chi connectivity index (χ4v) is 3.39. The summed E-state index contributed by atoms with van der Waals surface area (Å²) in [6.45, 7) is 10.6. The lowest BCUT2D eigenvalue weighted by Crippen LogP contribution is -2.37. The lowest BCUT2D eigenvalue weighted by Gasteiger charge is -2.27. The van der Waals surface area contributed by atoms with Crippen LogP contribution in [0.25, 0.3) is 0 Å². The molecule has 128 valence electrons. The molecule has 5 nitrogen and oxygen atoms in total. The molecule has 0 aromatic rings. The number of carbonyl (C=O) groups excluding carboxylic acids is 1. The van der Waals surface area contributed by atoms with Crippen molar-refractivity contribution in [1.29, 1.82) is 0 Å². The van der Waals surface area contributed by atoms with Crippen molar-refractivity contribution in [2.45, 2.75) is 45.6 Å². The molecule has 22 heavy (non-hydrogen) atoms. The molecule has 2 heterocycles. The second-order valence-corrected chi connectivity index (χ2v) is 6.72. The third-order valence-electron chi connectivity index (χ3n) is 4.87. The zero-order valence-electron chi connectivity index (χ0n) is 14.2. The zero-order valence-corrected chi connectivity index (χ0v) is 14.2. The summed E-state index contributed by atoms with van der Waals surface area (Å²) in [5.41, 5.74) is 0. The molecule has 2 atom stereocenters. The van der Waals surface area contributed by atoms with Crippen molar-refractivity contribution in [2.75, 3.05) is 46.0 Å². The molecule has 2 fully saturated rings. The predicted octanol–water partition coefficient (Wildman–Crippen LogP) is 1.67. The fraction of sp³-hybridized carbons (Fsp3) is 0.941. The zero-order chi connectivity index (χ0) is 15.8. The molecule has 5 heteroatoms. The lowest BCUT2D eigenvalue weighted by atomic mass is 9.87. The van der Waals surface area contributed by atoms with Gasteiger partial charge in [0.25, 0.3) is 0 Å². The van der Waals surface area contributed by atoms with Gasteiger partial charge in [0.05, 0.1) is 6.10 Å². The molecule has 0 unspecified atom stereocenters. The van der Waals surface area contributed by atoms with Crippen molar-refractivity contribution < 1.29 is 14.3 Å². The van der Waals surface area contributed by atoms with E-state index in [1.807, 2.05) is 0 Å². The van der Waals surface area contributed by atoms with Crippen molar-refractivity contribution in [3.05, 3.63) is 0 Å². The molecule has 0 aromatic carbocycles. The summed E-state index contributed by atoms with van der Waals surface area (Å²) in [4.78, 5) is 14.7. The first kappa shape index (κ1) is 17.7. The molecule has 2 rings (SSSR count). The maximum absolute atomic E-state index is 12.2. The number of amides is 1. The third kappa shape index (κ3) is 5.86. The second-order valence-electron chi connectivity index (χ2n) is 6.72. The number of ether oxygens (including phenoxy) is 2. The molecule has 0 spiro atoms. The van der Waals surface area contributed by atoms with E-state index < -0.39 is 0 Å². The van der Waals surface area contributed by atoms with Crippen LogP contribution >= 0.6 is 0 Å². The largest absolute Gasteiger partial charge is 0.381 e. The third-order valence-corrected chi connectivity index (χ3v) is 4.87. The fourth-order valence-electron chi connectivity index (χ4n) is 3.39. The van der Waals surface area contributed by atoms with E-state index in [4.69, 9.17) is 9.47 Å². The van der Waals surface area contributed by atoms with Gasteiger partial charge in [0.2, 0.25) is 5.91 Å². The normalized spacial score (nSPS) is 26.4. The minimum atomic E-state index is 0.107. The Labute approximate surface area is 134 Å². The van der Waals surface area contributed by atoms with Crippen molar-refractivity contribution >= 4 is 5.91 Å². The summed E-state index contributed by atoms with van der Waals surface area (Å²) in [5, 5.41) is 3.11. The first-order chi connectivity index (χ1) is 10.7. The Kier molecular flexibility index (Phi) is 7.63. The summed E-state index contributed by atoms with van der Waals surface area (Å²) in [6, 6.07) is 0. The summed E-state index contributed by atoms with van der Waals surface area (Å²) in [5.74, 6) is 0.798. The van der Waals surface area contributed by atoms with Crippen LogP contribution in [0.1, 0.15) is 39.5 Å². The monoisotopic (exact) mass is 312 g/mol. The molecular weight excluding hydrogens is 280 g/mol. The molecule has 1 N–H and O–H groups in total. The molecular formula is C17H32N2O3. The Balaban J connectivity index is 1.60. The second kappa shape index (κ2) is 9.48. The Bertz CT molecular complexity index is 332. The molecule has 2 aliphatic rings. The number of nitrogens with zero attached hydrogens (tertiary/aromatic N) is 1. The highest BCUT2D eigenvalue weighted by molar-refractivity contribution is 5.78. The highest BCUT2D eigenvalue weighted by atomic mass is 16.5. The Morgan fingerprint density at radius 1 is 1.32 bits per heavy atom. The molecule has 0 radical (unpaired) electrons. The number of hydrogen-bond donors (Lipinski definition) is 1. The van der Waals surface area contributed by atoms with Gasteiger partial charge in [-0.3, -0.25) is 4.79 Å². The highest BCUT2D eigenvalue weighted by Gasteiger charge is 2.25. The Morgan fingerprint density at radius 3 is 2.86 bits per heavy atom. The number of carbonyl (C=O) groups is 1. The Hall–Kier alpha value is -0.650. The predicted molar refractivity (Wildman–Crippen MR) is 86.8 cm³/mol. The minimum Gasteiger partial charge on any atom is -0.381 e. The average molecular weight is 312 g/mol. The van der Waals surface area contributed by atoms with Gasteiger partial charge in [-0.25, -0.2) is 0 Å². The van der Waals surface area contributed by atoms with Gasteiger partial charge < -0.3 is 19.7 Å². The summed E-state index contributed by atoms with van der Waals surface area (Å²) in [7, 11) is 0. The van der Waals surface area contributed by atoms with Crippen LogP contribution in [0.3, 0.4) is 0 Å². The van der Waals surface area contributed by atoms with Gasteiger partial charge in [0.1, 0.15) is 0 Å². The molecule has 0 aromatic heterocycles. The first-order valence-corrected chi connectivity index (χ1v) is 8.86. The van der Waals surface area contributed by atoms with Gasteiger partial charge in [-0.15, -0.1) is 0 Å². The summed E-state index contributed by atoms with van der Waals surface area (Å²) in [6.07, 6.45) is 4.47. The van der Waals surface area contributed by atoms with Crippen LogP contribution in [0.2, 0.25) is 0 Å². The maximum atomic E-state index is 12.2. The minimum absolute atomic E-state index is 0.107. The van der Waals surface area contributed by atoms with E-state index in [2.05, 4.69) is 24.1 Å². The van der Waals surface area contributed by atoms with Crippen LogP contribution in [-0.2, 0) is 14.3 Å². The van der Waals surface area contributed by atoms with Crippen molar-refractivity contribution in [1.82, 2.24) is 10.2 Å². The number of hydrogen-bond acceptors (Lipinski definition) is 4. The van der Waals surface area contributed by atoms with Crippen molar-refractivity contribution in [2.24, 2.45) is 11.8 Å². The van der Waals surface area contributed by atoms with Crippen molar-refractivity contribution in [3.63, 3.8) is 0 Å². The van der Waals surface area contributed by atoms with E-state index in [1.165, 1.54) is 0 Å². The van der Waals surface area contributed by atoms with Crippen LogP contribution in [0.5, 0.6) is 0 Å². The van der Waals surface area contributed by atoms with Gasteiger partial charge in [0.15, 0.2) is 0 Å². The molecule has 2 aliphatic heterocycles. The van der Waals surface area contributed by atoms with Crippen LogP contribution in [-0.4, -0.2) is 62.9 Å². The number of rotatable bonds is 6. The highest BCUT2D eigenvalue weighted by Crippen LogP contribution is 2.23. The summed E-state index contributed by atoms with van der Waals surface area (Å²) >= 11 is 0. The van der Waals surface area contributed by atoms with Gasteiger partial charge in [-0.05, 0) is 45.1 Å². The van der Waals surface area contributed by atoms with E-state index in [0.29, 0.717) is 12.0 Å². The lowest BCUT2D eigenvalue weighted by molar-refractivity contribution is -0.127. The summed E-state index contributed by atoms with van der Waals surface area (Å²) < 4.78 is 11.0. The van der Waals surface area contributed by atoms with Gasteiger partial charge in [-0.2, -0.15) is 0 Å². The van der Waals surface area contributed by atoms with Crippen LogP contribution in [0.4, 0.5) is 0 Å². The van der Waals surface area contributed by atoms with E-state index in [-0.39, 0.29) is 11.8 Å².